The van der Waals surface area contributed by atoms with Gasteiger partial charge in [0, 0.05) is 19.2 Å². The molecule has 2 aromatic carbocycles. The maximum Gasteiger partial charge on any atom is 0.271 e. The minimum Gasteiger partial charge on any atom is -0.497 e. The van der Waals surface area contributed by atoms with E-state index in [-0.39, 0.29) is 34.2 Å². The summed E-state index contributed by atoms with van der Waals surface area (Å²) in [5, 5.41) is 22.5. The smallest absolute Gasteiger partial charge is 0.271 e. The fraction of sp³-hybridized carbons (Fsp3) is 0.250. The van der Waals surface area contributed by atoms with Gasteiger partial charge in [0.05, 0.1) is 28.5 Å². The van der Waals surface area contributed by atoms with Crippen molar-refractivity contribution in [3.05, 3.63) is 63.4 Å². The number of nitro benzene ring substituents is 1. The number of nitro groups is 1. The van der Waals surface area contributed by atoms with Crippen LogP contribution in [0.2, 0.25) is 5.02 Å². The lowest BCUT2D eigenvalue weighted by molar-refractivity contribution is -0.384. The van der Waals surface area contributed by atoms with Gasteiger partial charge in [0.15, 0.2) is 17.1 Å². The molecule has 168 valence electrons. The van der Waals surface area contributed by atoms with E-state index >= 15 is 0 Å². The number of ether oxygens (including phenoxy) is 2. The number of nitrogens with zero attached hydrogens (tertiary/aromatic N) is 4. The van der Waals surface area contributed by atoms with Crippen molar-refractivity contribution < 1.29 is 19.2 Å². The predicted octanol–water partition coefficient (Wildman–Crippen LogP) is 4.26. The summed E-state index contributed by atoms with van der Waals surface area (Å²) in [6.07, 6.45) is -0.382. The maximum atomic E-state index is 12.3. The Balaban J connectivity index is 1.60. The Morgan fingerprint density at radius 3 is 2.59 bits per heavy atom. The lowest BCUT2D eigenvalue weighted by atomic mass is 10.3. The molecule has 1 N–H and O–H groups in total. The van der Waals surface area contributed by atoms with Crippen molar-refractivity contribution in [1.29, 1.82) is 0 Å². The Bertz CT molecular complexity index is 1120. The quantitative estimate of drug-likeness (QED) is 0.275. The Kier molecular flexibility index (Phi) is 7.54. The zero-order valence-electron chi connectivity index (χ0n) is 17.4. The van der Waals surface area contributed by atoms with Crippen molar-refractivity contribution in [1.82, 2.24) is 14.8 Å². The number of benzene rings is 2. The van der Waals surface area contributed by atoms with Crippen molar-refractivity contribution in [2.45, 2.75) is 18.2 Å². The molecule has 3 aromatic rings. The molecule has 1 atom stereocenters. The van der Waals surface area contributed by atoms with E-state index in [4.69, 9.17) is 21.1 Å². The van der Waals surface area contributed by atoms with Gasteiger partial charge in [-0.3, -0.25) is 14.9 Å². The van der Waals surface area contributed by atoms with Crippen molar-refractivity contribution in [2.24, 2.45) is 7.05 Å². The molecule has 0 aliphatic carbocycles. The summed E-state index contributed by atoms with van der Waals surface area (Å²) in [5.41, 5.74) is 0.00720. The summed E-state index contributed by atoms with van der Waals surface area (Å²) in [6, 6.07) is 11.0. The highest BCUT2D eigenvalue weighted by atomic mass is 35.5. The number of hydrogen-bond acceptors (Lipinski definition) is 8. The Morgan fingerprint density at radius 2 is 1.94 bits per heavy atom. The van der Waals surface area contributed by atoms with Gasteiger partial charge in [-0.15, -0.1) is 10.2 Å². The number of amides is 1. The highest BCUT2D eigenvalue weighted by Gasteiger charge is 2.19. The molecule has 12 heteroatoms. The second-order valence-corrected chi connectivity index (χ2v) is 7.94. The number of nitrogens with one attached hydrogen (secondary N) is 1. The molecule has 0 aliphatic heterocycles. The Morgan fingerprint density at radius 1 is 1.25 bits per heavy atom. The number of rotatable bonds is 9. The minimum atomic E-state index is -0.559. The summed E-state index contributed by atoms with van der Waals surface area (Å²) < 4.78 is 12.8. The fourth-order valence-corrected chi connectivity index (χ4v) is 3.64. The third-order valence-electron chi connectivity index (χ3n) is 4.37. The summed E-state index contributed by atoms with van der Waals surface area (Å²) in [7, 11) is 3.37. The SMILES string of the molecule is COc1ccc(OC(C)c2nnc(SCC(=O)Nc3cc([N+](=O)[O-])ccc3Cl)n2C)cc1. The third kappa shape index (κ3) is 5.68. The van der Waals surface area contributed by atoms with E-state index in [1.54, 1.807) is 43.0 Å². The van der Waals surface area contributed by atoms with E-state index in [1.807, 2.05) is 6.92 Å². The largest absolute Gasteiger partial charge is 0.497 e. The molecule has 0 radical (unpaired) electrons. The summed E-state index contributed by atoms with van der Waals surface area (Å²) in [6.45, 7) is 1.85. The highest BCUT2D eigenvalue weighted by molar-refractivity contribution is 7.99. The number of halogens is 1. The molecule has 0 fully saturated rings. The van der Waals surface area contributed by atoms with Crippen molar-refractivity contribution in [2.75, 3.05) is 18.2 Å². The van der Waals surface area contributed by atoms with Gasteiger partial charge in [-0.2, -0.15) is 0 Å². The van der Waals surface area contributed by atoms with E-state index in [0.29, 0.717) is 16.7 Å². The van der Waals surface area contributed by atoms with Gasteiger partial charge in [0.1, 0.15) is 11.5 Å². The van der Waals surface area contributed by atoms with E-state index in [2.05, 4.69) is 15.5 Å². The summed E-state index contributed by atoms with van der Waals surface area (Å²) >= 11 is 7.19. The number of aromatic nitrogens is 3. The van der Waals surface area contributed by atoms with E-state index in [9.17, 15) is 14.9 Å². The number of hydrogen-bond donors (Lipinski definition) is 1. The van der Waals surface area contributed by atoms with Crippen molar-refractivity contribution in [3.8, 4) is 11.5 Å². The standard InChI is InChI=1S/C20H20ClN5O5S/c1-12(31-15-7-5-14(30-3)6-8-15)19-23-24-20(25(19)2)32-11-18(27)22-17-10-13(26(28)29)4-9-16(17)21/h4-10,12H,11H2,1-3H3,(H,22,27). The van der Waals surface area contributed by atoms with E-state index in [0.717, 1.165) is 5.75 Å². The van der Waals surface area contributed by atoms with Crippen LogP contribution in [0, 0.1) is 10.1 Å². The second kappa shape index (κ2) is 10.3. The second-order valence-electron chi connectivity index (χ2n) is 6.59. The number of methoxy groups -OCH3 is 1. The lowest BCUT2D eigenvalue weighted by Crippen LogP contribution is -2.15. The summed E-state index contributed by atoms with van der Waals surface area (Å²) in [5.74, 6) is 1.60. The molecule has 0 aliphatic rings. The average molecular weight is 478 g/mol. The topological polar surface area (TPSA) is 121 Å². The molecule has 0 saturated heterocycles. The van der Waals surface area contributed by atoms with Crippen LogP contribution in [0.1, 0.15) is 18.9 Å². The van der Waals surface area contributed by atoms with Crippen LogP contribution in [-0.4, -0.2) is 38.5 Å². The zero-order valence-corrected chi connectivity index (χ0v) is 19.0. The first-order valence-corrected chi connectivity index (χ1v) is 10.7. The van der Waals surface area contributed by atoms with Gasteiger partial charge >= 0.3 is 0 Å². The Labute approximate surface area is 193 Å². The molecular weight excluding hydrogens is 458 g/mol. The lowest BCUT2D eigenvalue weighted by Gasteiger charge is -2.14. The van der Waals surface area contributed by atoms with Gasteiger partial charge < -0.3 is 19.4 Å². The number of carbonyl (C=O) groups excluding carboxylic acids is 1. The summed E-state index contributed by atoms with van der Waals surface area (Å²) in [4.78, 5) is 22.7. The van der Waals surface area contributed by atoms with Crippen LogP contribution in [0.15, 0.2) is 47.6 Å². The number of anilines is 1. The normalized spacial score (nSPS) is 11.6. The molecule has 1 heterocycles. The number of thioether (sulfide) groups is 1. The van der Waals surface area contributed by atoms with Gasteiger partial charge in [0.2, 0.25) is 5.91 Å². The van der Waals surface area contributed by atoms with Gasteiger partial charge in [-0.05, 0) is 37.3 Å². The van der Waals surface area contributed by atoms with Crippen LogP contribution in [-0.2, 0) is 11.8 Å². The van der Waals surface area contributed by atoms with Crippen LogP contribution in [0.3, 0.4) is 0 Å². The van der Waals surface area contributed by atoms with Crippen LogP contribution >= 0.6 is 23.4 Å². The van der Waals surface area contributed by atoms with Crippen LogP contribution < -0.4 is 14.8 Å². The van der Waals surface area contributed by atoms with E-state index in [1.165, 1.54) is 30.0 Å². The average Bonchev–Trinajstić information content (AvgIpc) is 3.14. The predicted molar refractivity (Wildman–Crippen MR) is 121 cm³/mol. The molecule has 10 nitrogen and oxygen atoms in total. The highest BCUT2D eigenvalue weighted by Crippen LogP contribution is 2.28. The monoisotopic (exact) mass is 477 g/mol. The first-order valence-electron chi connectivity index (χ1n) is 9.35. The molecule has 1 amide bonds. The molecule has 1 unspecified atom stereocenters. The van der Waals surface area contributed by atoms with E-state index < -0.39 is 4.92 Å². The Hall–Kier alpha value is -3.31. The van der Waals surface area contributed by atoms with Gasteiger partial charge in [-0.25, -0.2) is 0 Å². The first kappa shape index (κ1) is 23.4. The third-order valence-corrected chi connectivity index (χ3v) is 5.72. The zero-order chi connectivity index (χ0) is 23.3. The molecule has 32 heavy (non-hydrogen) atoms. The number of carbonyl (C=O) groups is 1. The molecular formula is C20H20ClN5O5S. The molecule has 3 rings (SSSR count). The first-order chi connectivity index (χ1) is 15.3. The van der Waals surface area contributed by atoms with Crippen LogP contribution in [0.4, 0.5) is 11.4 Å². The molecule has 0 spiro atoms. The van der Waals surface area contributed by atoms with Crippen molar-refractivity contribution in [3.63, 3.8) is 0 Å². The minimum absolute atomic E-state index is 0.0126. The van der Waals surface area contributed by atoms with Crippen molar-refractivity contribution >= 4 is 40.6 Å². The maximum absolute atomic E-state index is 12.3. The molecule has 0 saturated carbocycles. The molecule has 1 aromatic heterocycles. The van der Waals surface area contributed by atoms with Crippen LogP contribution in [0.5, 0.6) is 11.5 Å². The van der Waals surface area contributed by atoms with Crippen LogP contribution in [0.25, 0.3) is 0 Å². The fourth-order valence-electron chi connectivity index (χ4n) is 2.76. The number of non-ortho nitro benzene ring substituents is 1. The van der Waals surface area contributed by atoms with Gasteiger partial charge in [-0.1, -0.05) is 23.4 Å². The molecule has 0 bridgehead atoms. The van der Waals surface area contributed by atoms with Gasteiger partial charge in [0.25, 0.3) is 5.69 Å².